The summed E-state index contributed by atoms with van der Waals surface area (Å²) in [6, 6.07) is 5.83. The summed E-state index contributed by atoms with van der Waals surface area (Å²) in [6.07, 6.45) is 0. The number of rotatable bonds is 5. The number of para-hydroxylation sites is 1. The van der Waals surface area contributed by atoms with E-state index in [9.17, 15) is 13.2 Å². The van der Waals surface area contributed by atoms with Crippen molar-refractivity contribution in [2.24, 2.45) is 0 Å². The lowest BCUT2D eigenvalue weighted by atomic mass is 10.2. The Bertz CT molecular complexity index is 528. The lowest BCUT2D eigenvalue weighted by Gasteiger charge is -2.14. The van der Waals surface area contributed by atoms with E-state index in [0.29, 0.717) is 0 Å². The van der Waals surface area contributed by atoms with Gasteiger partial charge in [-0.2, -0.15) is 0 Å². The van der Waals surface area contributed by atoms with Crippen molar-refractivity contribution in [2.75, 3.05) is 19.4 Å². The average Bonchev–Trinajstić information content (AvgIpc) is 2.38. The van der Waals surface area contributed by atoms with E-state index < -0.39 is 16.1 Å². The Morgan fingerprint density at radius 1 is 1.22 bits per heavy atom. The zero-order chi connectivity index (χ0) is 13.8. The molecule has 7 heteroatoms. The Balaban J connectivity index is 3.08. The minimum Gasteiger partial charge on any atom is -0.324 e. The van der Waals surface area contributed by atoms with E-state index in [1.807, 2.05) is 0 Å². The molecule has 1 rings (SSSR count). The van der Waals surface area contributed by atoms with Gasteiger partial charge in [-0.25, -0.2) is 13.1 Å². The Morgan fingerprint density at radius 2 is 1.83 bits per heavy atom. The number of carbonyl (C=O) groups is 1. The molecule has 0 aliphatic carbocycles. The van der Waals surface area contributed by atoms with Crippen LogP contribution in [0.5, 0.6) is 0 Å². The predicted molar refractivity (Wildman–Crippen MR) is 69.8 cm³/mol. The summed E-state index contributed by atoms with van der Waals surface area (Å²) >= 11 is 0. The van der Waals surface area contributed by atoms with Crippen LogP contribution in [-0.2, 0) is 14.8 Å². The van der Waals surface area contributed by atoms with Gasteiger partial charge in [-0.05, 0) is 33.2 Å². The molecule has 6 nitrogen and oxygen atoms in total. The zero-order valence-corrected chi connectivity index (χ0v) is 11.3. The molecule has 0 saturated heterocycles. The van der Waals surface area contributed by atoms with Gasteiger partial charge in [0, 0.05) is 0 Å². The summed E-state index contributed by atoms with van der Waals surface area (Å²) < 4.78 is 25.7. The highest BCUT2D eigenvalue weighted by Crippen LogP contribution is 2.20. The van der Waals surface area contributed by atoms with Crippen molar-refractivity contribution >= 4 is 21.6 Å². The fraction of sp³-hybridized carbons (Fsp3) is 0.364. The first-order valence-electron chi connectivity index (χ1n) is 5.43. The molecule has 0 spiro atoms. The highest BCUT2D eigenvalue weighted by atomic mass is 32.2. The van der Waals surface area contributed by atoms with Crippen LogP contribution >= 0.6 is 0 Å². The smallest absolute Gasteiger partial charge is 0.242 e. The number of anilines is 1. The highest BCUT2D eigenvalue weighted by Gasteiger charge is 2.18. The standard InChI is InChI=1S/C11H17N3O3S/c1-8(12-2)11(15)14-9-6-4-5-7-10(9)18(16,17)13-3/h4-8,12-13H,1-3H3,(H,14,15). The molecule has 1 unspecified atom stereocenters. The van der Waals surface area contributed by atoms with Gasteiger partial charge in [-0.3, -0.25) is 4.79 Å². The number of likely N-dealkylation sites (N-methyl/N-ethyl adjacent to an activating group) is 1. The molecule has 0 aliphatic heterocycles. The molecule has 0 saturated carbocycles. The van der Waals surface area contributed by atoms with Crippen molar-refractivity contribution in [3.8, 4) is 0 Å². The molecular weight excluding hydrogens is 254 g/mol. The minimum atomic E-state index is -3.59. The van der Waals surface area contributed by atoms with Gasteiger partial charge in [-0.1, -0.05) is 12.1 Å². The first-order valence-corrected chi connectivity index (χ1v) is 6.91. The summed E-state index contributed by atoms with van der Waals surface area (Å²) in [5.41, 5.74) is 0.263. The average molecular weight is 271 g/mol. The molecule has 0 aromatic heterocycles. The monoisotopic (exact) mass is 271 g/mol. The zero-order valence-electron chi connectivity index (χ0n) is 10.5. The third kappa shape index (κ3) is 3.28. The molecule has 100 valence electrons. The van der Waals surface area contributed by atoms with Crippen molar-refractivity contribution in [1.29, 1.82) is 0 Å². The maximum absolute atomic E-state index is 11.8. The molecule has 1 aromatic carbocycles. The highest BCUT2D eigenvalue weighted by molar-refractivity contribution is 7.89. The van der Waals surface area contributed by atoms with Crippen LogP contribution in [0.1, 0.15) is 6.92 Å². The lowest BCUT2D eigenvalue weighted by Crippen LogP contribution is -2.36. The van der Waals surface area contributed by atoms with Crippen molar-refractivity contribution in [3.63, 3.8) is 0 Å². The summed E-state index contributed by atoms with van der Waals surface area (Å²) in [5.74, 6) is -0.295. The molecule has 0 heterocycles. The minimum absolute atomic E-state index is 0.0455. The first kappa shape index (κ1) is 14.6. The number of benzene rings is 1. The van der Waals surface area contributed by atoms with Gasteiger partial charge in [0.1, 0.15) is 4.90 Å². The SMILES string of the molecule is CNC(C)C(=O)Nc1ccccc1S(=O)(=O)NC. The van der Waals surface area contributed by atoms with Crippen molar-refractivity contribution in [2.45, 2.75) is 17.9 Å². The number of amides is 1. The van der Waals surface area contributed by atoms with E-state index in [1.165, 1.54) is 13.1 Å². The fourth-order valence-electron chi connectivity index (χ4n) is 1.29. The maximum atomic E-state index is 11.8. The van der Waals surface area contributed by atoms with Crippen LogP contribution in [0.2, 0.25) is 0 Å². The van der Waals surface area contributed by atoms with E-state index in [0.717, 1.165) is 0 Å². The van der Waals surface area contributed by atoms with Crippen LogP contribution in [0.3, 0.4) is 0 Å². The molecule has 0 radical (unpaired) electrons. The predicted octanol–water partition coefficient (Wildman–Crippen LogP) is 0.141. The molecular formula is C11H17N3O3S. The van der Waals surface area contributed by atoms with Crippen LogP contribution in [0.4, 0.5) is 5.69 Å². The largest absolute Gasteiger partial charge is 0.324 e. The molecule has 1 atom stereocenters. The lowest BCUT2D eigenvalue weighted by molar-refractivity contribution is -0.117. The van der Waals surface area contributed by atoms with Gasteiger partial charge in [0.2, 0.25) is 15.9 Å². The van der Waals surface area contributed by atoms with Crippen LogP contribution in [0.15, 0.2) is 29.2 Å². The quantitative estimate of drug-likeness (QED) is 0.711. The van der Waals surface area contributed by atoms with Gasteiger partial charge in [-0.15, -0.1) is 0 Å². The third-order valence-electron chi connectivity index (χ3n) is 2.53. The topological polar surface area (TPSA) is 87.3 Å². The third-order valence-corrected chi connectivity index (χ3v) is 4.00. The summed E-state index contributed by atoms with van der Waals surface area (Å²) in [4.78, 5) is 11.8. The second-order valence-corrected chi connectivity index (χ2v) is 5.56. The number of carbonyl (C=O) groups excluding carboxylic acids is 1. The van der Waals surface area contributed by atoms with Gasteiger partial charge in [0.15, 0.2) is 0 Å². The van der Waals surface area contributed by atoms with Crippen LogP contribution in [-0.4, -0.2) is 34.5 Å². The maximum Gasteiger partial charge on any atom is 0.242 e. The molecule has 1 amide bonds. The second-order valence-electron chi connectivity index (χ2n) is 3.70. The number of hydrogen-bond acceptors (Lipinski definition) is 4. The van der Waals surface area contributed by atoms with Crippen LogP contribution < -0.4 is 15.4 Å². The van der Waals surface area contributed by atoms with E-state index in [-0.39, 0.29) is 16.5 Å². The molecule has 0 aliphatic rings. The number of hydrogen-bond donors (Lipinski definition) is 3. The Morgan fingerprint density at radius 3 is 2.39 bits per heavy atom. The van der Waals surface area contributed by atoms with Gasteiger partial charge < -0.3 is 10.6 Å². The summed E-state index contributed by atoms with van der Waals surface area (Å²) in [6.45, 7) is 1.69. The van der Waals surface area contributed by atoms with Gasteiger partial charge in [0.25, 0.3) is 0 Å². The fourth-order valence-corrected chi connectivity index (χ4v) is 2.17. The van der Waals surface area contributed by atoms with Gasteiger partial charge >= 0.3 is 0 Å². The summed E-state index contributed by atoms with van der Waals surface area (Å²) in [5, 5.41) is 5.36. The normalized spacial score (nSPS) is 13.1. The molecule has 0 fully saturated rings. The summed E-state index contributed by atoms with van der Waals surface area (Å²) in [7, 11) is -0.615. The number of nitrogens with one attached hydrogen (secondary N) is 3. The van der Waals surface area contributed by atoms with E-state index in [4.69, 9.17) is 0 Å². The van der Waals surface area contributed by atoms with Crippen LogP contribution in [0.25, 0.3) is 0 Å². The van der Waals surface area contributed by atoms with Gasteiger partial charge in [0.05, 0.1) is 11.7 Å². The molecule has 18 heavy (non-hydrogen) atoms. The van der Waals surface area contributed by atoms with E-state index in [1.54, 1.807) is 32.2 Å². The number of sulfonamides is 1. The molecule has 0 bridgehead atoms. The Labute approximate surface area is 107 Å². The molecule has 1 aromatic rings. The van der Waals surface area contributed by atoms with E-state index >= 15 is 0 Å². The Hall–Kier alpha value is -1.44. The van der Waals surface area contributed by atoms with Crippen molar-refractivity contribution in [3.05, 3.63) is 24.3 Å². The second kappa shape index (κ2) is 5.94. The van der Waals surface area contributed by atoms with Crippen molar-refractivity contribution in [1.82, 2.24) is 10.0 Å². The Kier molecular flexibility index (Phi) is 4.83. The van der Waals surface area contributed by atoms with Crippen molar-refractivity contribution < 1.29 is 13.2 Å². The molecule has 3 N–H and O–H groups in total. The van der Waals surface area contributed by atoms with Crippen LogP contribution in [0, 0.1) is 0 Å². The first-order chi connectivity index (χ1) is 8.42. The van der Waals surface area contributed by atoms with E-state index in [2.05, 4.69) is 15.4 Å².